The Hall–Kier alpha value is -0.710. The van der Waals surface area contributed by atoms with Gasteiger partial charge in [-0.25, -0.2) is 0 Å². The smallest absolute Gasteiger partial charge is 0.176 e. The maximum atomic E-state index is 8.33. The first kappa shape index (κ1) is 9.29. The van der Waals surface area contributed by atoms with Crippen LogP contribution in [0, 0.1) is 11.5 Å². The van der Waals surface area contributed by atoms with Crippen molar-refractivity contribution < 1.29 is 0 Å². The second kappa shape index (κ2) is 6.41. The highest BCUT2D eigenvalue weighted by molar-refractivity contribution is 4.75. The highest BCUT2D eigenvalue weighted by atomic mass is 14.9. The van der Waals surface area contributed by atoms with E-state index in [1.165, 1.54) is 0 Å². The molecule has 0 fully saturated rings. The molecule has 0 saturated heterocycles. The minimum absolute atomic E-state index is 0.417. The summed E-state index contributed by atoms with van der Waals surface area (Å²) in [6, 6.07) is 0.417. The van der Waals surface area contributed by atoms with Gasteiger partial charge in [0.2, 0.25) is 0 Å². The lowest BCUT2D eigenvalue weighted by Gasteiger charge is -2.11. The van der Waals surface area contributed by atoms with Gasteiger partial charge in [-0.1, -0.05) is 26.7 Å². The molecule has 0 radical (unpaired) electrons. The lowest BCUT2D eigenvalue weighted by molar-refractivity contribution is 0.500. The molecular weight excluding hydrogens is 124 g/mol. The van der Waals surface area contributed by atoms with Gasteiger partial charge in [-0.2, -0.15) is 5.26 Å². The highest BCUT2D eigenvalue weighted by Crippen LogP contribution is 2.02. The standard InChI is InChI=1S/C8H16N2/c1-3-5-8(6-4-2)10-7-9/h8,10H,3-6H2,1-2H3. The number of nitrogens with one attached hydrogen (secondary N) is 1. The Kier molecular flexibility index (Phi) is 5.96. The van der Waals surface area contributed by atoms with E-state index >= 15 is 0 Å². The van der Waals surface area contributed by atoms with Crippen molar-refractivity contribution in [1.29, 1.82) is 5.26 Å². The van der Waals surface area contributed by atoms with E-state index < -0.39 is 0 Å². The molecular formula is C8H16N2. The van der Waals surface area contributed by atoms with Crippen molar-refractivity contribution in [1.82, 2.24) is 5.32 Å². The average molecular weight is 140 g/mol. The number of nitrogens with zero attached hydrogens (tertiary/aromatic N) is 1. The Morgan fingerprint density at radius 1 is 1.30 bits per heavy atom. The van der Waals surface area contributed by atoms with Gasteiger partial charge in [0.25, 0.3) is 0 Å². The molecule has 1 N–H and O–H groups in total. The van der Waals surface area contributed by atoms with E-state index in [0.29, 0.717) is 6.04 Å². The van der Waals surface area contributed by atoms with Crippen LogP contribution in [0.25, 0.3) is 0 Å². The average Bonchev–Trinajstić information content (AvgIpc) is 1.90. The first-order valence-electron chi connectivity index (χ1n) is 3.99. The van der Waals surface area contributed by atoms with Crippen LogP contribution in [0.15, 0.2) is 0 Å². The van der Waals surface area contributed by atoms with Gasteiger partial charge in [0, 0.05) is 6.04 Å². The Balaban J connectivity index is 3.42. The molecule has 0 spiro atoms. The maximum Gasteiger partial charge on any atom is 0.176 e. The third-order valence-electron chi connectivity index (χ3n) is 1.54. The van der Waals surface area contributed by atoms with Gasteiger partial charge in [0.1, 0.15) is 0 Å². The van der Waals surface area contributed by atoms with Gasteiger partial charge < -0.3 is 5.32 Å². The van der Waals surface area contributed by atoms with Gasteiger partial charge >= 0.3 is 0 Å². The van der Waals surface area contributed by atoms with Crippen LogP contribution in [0.3, 0.4) is 0 Å². The molecule has 0 rings (SSSR count). The van der Waals surface area contributed by atoms with E-state index in [4.69, 9.17) is 5.26 Å². The molecule has 0 aromatic rings. The van der Waals surface area contributed by atoms with Gasteiger partial charge in [-0.15, -0.1) is 0 Å². The fourth-order valence-corrected chi connectivity index (χ4v) is 1.08. The molecule has 0 heterocycles. The summed E-state index contributed by atoms with van der Waals surface area (Å²) >= 11 is 0. The molecule has 0 saturated carbocycles. The molecule has 0 atom stereocenters. The summed E-state index contributed by atoms with van der Waals surface area (Å²) in [6.07, 6.45) is 6.52. The van der Waals surface area contributed by atoms with Crippen molar-refractivity contribution in [2.45, 2.75) is 45.6 Å². The quantitative estimate of drug-likeness (QED) is 0.468. The van der Waals surface area contributed by atoms with Crippen LogP contribution in [0.1, 0.15) is 39.5 Å². The molecule has 0 aliphatic rings. The van der Waals surface area contributed by atoms with E-state index in [0.717, 1.165) is 25.7 Å². The number of rotatable bonds is 5. The van der Waals surface area contributed by atoms with Gasteiger partial charge in [-0.3, -0.25) is 0 Å². The minimum Gasteiger partial charge on any atom is -0.321 e. The van der Waals surface area contributed by atoms with Crippen LogP contribution in [-0.2, 0) is 0 Å². The Labute approximate surface area is 63.2 Å². The fraction of sp³-hybridized carbons (Fsp3) is 0.875. The lowest BCUT2D eigenvalue weighted by atomic mass is 10.1. The van der Waals surface area contributed by atoms with E-state index in [9.17, 15) is 0 Å². The summed E-state index contributed by atoms with van der Waals surface area (Å²) in [5, 5.41) is 11.1. The number of hydrogen-bond donors (Lipinski definition) is 1. The molecule has 58 valence electrons. The third-order valence-corrected chi connectivity index (χ3v) is 1.54. The van der Waals surface area contributed by atoms with Crippen molar-refractivity contribution in [3.8, 4) is 6.19 Å². The predicted molar refractivity (Wildman–Crippen MR) is 42.4 cm³/mol. The number of nitriles is 1. The molecule has 0 bridgehead atoms. The summed E-state index contributed by atoms with van der Waals surface area (Å²) in [6.45, 7) is 4.28. The van der Waals surface area contributed by atoms with Crippen LogP contribution in [-0.4, -0.2) is 6.04 Å². The fourth-order valence-electron chi connectivity index (χ4n) is 1.08. The zero-order valence-electron chi connectivity index (χ0n) is 6.85. The van der Waals surface area contributed by atoms with Crippen LogP contribution in [0.2, 0.25) is 0 Å². The molecule has 2 nitrogen and oxygen atoms in total. The normalized spacial score (nSPS) is 9.40. The minimum atomic E-state index is 0.417. The zero-order chi connectivity index (χ0) is 7.82. The van der Waals surface area contributed by atoms with Crippen molar-refractivity contribution >= 4 is 0 Å². The summed E-state index contributed by atoms with van der Waals surface area (Å²) in [5.74, 6) is 0. The van der Waals surface area contributed by atoms with Crippen LogP contribution in [0.4, 0.5) is 0 Å². The summed E-state index contributed by atoms with van der Waals surface area (Å²) in [4.78, 5) is 0. The first-order chi connectivity index (χ1) is 4.85. The summed E-state index contributed by atoms with van der Waals surface area (Å²) in [7, 11) is 0. The predicted octanol–water partition coefficient (Wildman–Crippen LogP) is 2.03. The molecule has 0 aromatic heterocycles. The van der Waals surface area contributed by atoms with Gasteiger partial charge in [0.05, 0.1) is 0 Å². The molecule has 0 unspecified atom stereocenters. The van der Waals surface area contributed by atoms with Gasteiger partial charge in [0.15, 0.2) is 6.19 Å². The number of hydrogen-bond acceptors (Lipinski definition) is 2. The second-order valence-electron chi connectivity index (χ2n) is 2.53. The molecule has 0 aliphatic carbocycles. The lowest BCUT2D eigenvalue weighted by Crippen LogP contribution is -2.23. The van der Waals surface area contributed by atoms with Crippen molar-refractivity contribution in [3.05, 3.63) is 0 Å². The third kappa shape index (κ3) is 4.20. The Morgan fingerprint density at radius 2 is 1.80 bits per heavy atom. The maximum absolute atomic E-state index is 8.33. The molecule has 0 aliphatic heterocycles. The van der Waals surface area contributed by atoms with Crippen LogP contribution in [0.5, 0.6) is 0 Å². The topological polar surface area (TPSA) is 35.8 Å². The molecule has 0 amide bonds. The first-order valence-corrected chi connectivity index (χ1v) is 3.99. The summed E-state index contributed by atoms with van der Waals surface area (Å²) in [5.41, 5.74) is 0. The Morgan fingerprint density at radius 3 is 2.10 bits per heavy atom. The zero-order valence-corrected chi connectivity index (χ0v) is 6.85. The van der Waals surface area contributed by atoms with Crippen LogP contribution >= 0.6 is 0 Å². The van der Waals surface area contributed by atoms with Gasteiger partial charge in [-0.05, 0) is 12.8 Å². The summed E-state index contributed by atoms with van der Waals surface area (Å²) < 4.78 is 0. The molecule has 0 aromatic carbocycles. The monoisotopic (exact) mass is 140 g/mol. The molecule has 2 heteroatoms. The van der Waals surface area contributed by atoms with Crippen molar-refractivity contribution in [3.63, 3.8) is 0 Å². The second-order valence-corrected chi connectivity index (χ2v) is 2.53. The van der Waals surface area contributed by atoms with E-state index in [-0.39, 0.29) is 0 Å². The van der Waals surface area contributed by atoms with Crippen molar-refractivity contribution in [2.24, 2.45) is 0 Å². The van der Waals surface area contributed by atoms with Crippen molar-refractivity contribution in [2.75, 3.05) is 0 Å². The SMILES string of the molecule is CCCC(CCC)NC#N. The highest BCUT2D eigenvalue weighted by Gasteiger charge is 2.02. The largest absolute Gasteiger partial charge is 0.321 e. The van der Waals surface area contributed by atoms with E-state index in [1.807, 2.05) is 6.19 Å². The van der Waals surface area contributed by atoms with E-state index in [1.54, 1.807) is 0 Å². The van der Waals surface area contributed by atoms with E-state index in [2.05, 4.69) is 19.2 Å². The Bertz CT molecular complexity index is 98.3. The van der Waals surface area contributed by atoms with Crippen LogP contribution < -0.4 is 5.32 Å². The molecule has 10 heavy (non-hydrogen) atoms.